The fourth-order valence-corrected chi connectivity index (χ4v) is 4.85. The third kappa shape index (κ3) is 4.32. The van der Waals surface area contributed by atoms with E-state index in [1.54, 1.807) is 7.11 Å². The molecule has 2 aliphatic rings. The van der Waals surface area contributed by atoms with Crippen LogP contribution in [0.4, 0.5) is 0 Å². The second-order valence-electron chi connectivity index (χ2n) is 8.89. The number of ketones is 1. The van der Waals surface area contributed by atoms with Gasteiger partial charge in [0, 0.05) is 29.3 Å². The normalized spacial score (nSPS) is 23.6. The van der Waals surface area contributed by atoms with Crippen LogP contribution in [0.1, 0.15) is 58.9 Å². The molecule has 6 heteroatoms. The summed E-state index contributed by atoms with van der Waals surface area (Å²) in [6.07, 6.45) is 0.917. The molecule has 1 aliphatic carbocycles. The minimum atomic E-state index is -0.624. The van der Waals surface area contributed by atoms with E-state index in [9.17, 15) is 9.59 Å². The van der Waals surface area contributed by atoms with Gasteiger partial charge < -0.3 is 9.47 Å². The van der Waals surface area contributed by atoms with Crippen molar-refractivity contribution in [1.29, 1.82) is 0 Å². The Morgan fingerprint density at radius 2 is 1.97 bits per heavy atom. The highest BCUT2D eigenvalue weighted by Gasteiger charge is 2.46. The number of carbonyl (C=O) groups is 2. The van der Waals surface area contributed by atoms with Crippen molar-refractivity contribution in [1.82, 2.24) is 0 Å². The third-order valence-corrected chi connectivity index (χ3v) is 6.06. The largest absolute Gasteiger partial charge is 0.496 e. The summed E-state index contributed by atoms with van der Waals surface area (Å²) in [5, 5.41) is 0. The standard InChI is InChI=1S/C23H28BrNO4/c1-12(2)29-22(27)19-13(3)25-16-10-23(4,5)11-17(26)21(16)20(19)14-7-8-18(28-6)15(24)9-14/h7-9,12,19-20H,10-11H2,1-6H3/t19?,20-/m0/s1. The molecule has 3 rings (SSSR count). The highest BCUT2D eigenvalue weighted by molar-refractivity contribution is 9.10. The molecule has 1 heterocycles. The van der Waals surface area contributed by atoms with Gasteiger partial charge in [0.2, 0.25) is 0 Å². The molecule has 0 aromatic heterocycles. The van der Waals surface area contributed by atoms with E-state index in [4.69, 9.17) is 14.5 Å². The molecule has 0 radical (unpaired) electrons. The van der Waals surface area contributed by atoms with E-state index in [2.05, 4.69) is 29.8 Å². The third-order valence-electron chi connectivity index (χ3n) is 5.44. The summed E-state index contributed by atoms with van der Waals surface area (Å²) in [4.78, 5) is 31.0. The number of Topliss-reactive ketones (excluding diaryl/α,β-unsaturated/α-hetero) is 1. The molecule has 156 valence electrons. The monoisotopic (exact) mass is 461 g/mol. The van der Waals surface area contributed by atoms with E-state index >= 15 is 0 Å². The van der Waals surface area contributed by atoms with Crippen molar-refractivity contribution in [3.8, 4) is 5.75 Å². The molecule has 1 aliphatic heterocycles. The molecule has 1 aromatic carbocycles. The van der Waals surface area contributed by atoms with E-state index in [0.717, 1.165) is 15.7 Å². The molecule has 1 unspecified atom stereocenters. The Morgan fingerprint density at radius 3 is 2.55 bits per heavy atom. The van der Waals surface area contributed by atoms with Crippen LogP contribution >= 0.6 is 15.9 Å². The summed E-state index contributed by atoms with van der Waals surface area (Å²) in [5.41, 5.74) is 2.87. The smallest absolute Gasteiger partial charge is 0.315 e. The Labute approximate surface area is 180 Å². The van der Waals surface area contributed by atoms with Crippen LogP contribution in [0.2, 0.25) is 0 Å². The van der Waals surface area contributed by atoms with E-state index in [0.29, 0.717) is 29.9 Å². The molecule has 0 saturated carbocycles. The average Bonchev–Trinajstić information content (AvgIpc) is 2.58. The fourth-order valence-electron chi connectivity index (χ4n) is 4.29. The SMILES string of the molecule is COc1ccc([C@@H]2C3=C(CC(C)(C)CC3=O)N=C(C)C2C(=O)OC(C)C)cc1Br. The van der Waals surface area contributed by atoms with E-state index in [-0.39, 0.29) is 23.3 Å². The molecule has 1 aromatic rings. The van der Waals surface area contributed by atoms with E-state index in [1.165, 1.54) is 0 Å². The second kappa shape index (κ2) is 8.05. The van der Waals surface area contributed by atoms with Crippen molar-refractivity contribution in [3.05, 3.63) is 39.5 Å². The zero-order valence-electron chi connectivity index (χ0n) is 17.8. The van der Waals surface area contributed by atoms with Gasteiger partial charge >= 0.3 is 5.97 Å². The lowest BCUT2D eigenvalue weighted by molar-refractivity contribution is -0.150. The van der Waals surface area contributed by atoms with Gasteiger partial charge in [-0.3, -0.25) is 14.6 Å². The summed E-state index contributed by atoms with van der Waals surface area (Å²) in [6, 6.07) is 5.69. The highest BCUT2D eigenvalue weighted by Crippen LogP contribution is 2.48. The maximum absolute atomic E-state index is 13.2. The van der Waals surface area contributed by atoms with Crippen molar-refractivity contribution in [3.63, 3.8) is 0 Å². The van der Waals surface area contributed by atoms with Crippen LogP contribution in [0.5, 0.6) is 5.75 Å². The van der Waals surface area contributed by atoms with Crippen LogP contribution in [0.3, 0.4) is 0 Å². The zero-order valence-corrected chi connectivity index (χ0v) is 19.4. The Morgan fingerprint density at radius 1 is 1.28 bits per heavy atom. The summed E-state index contributed by atoms with van der Waals surface area (Å²) in [7, 11) is 1.60. The number of esters is 1. The average molecular weight is 462 g/mol. The van der Waals surface area contributed by atoms with Crippen LogP contribution in [0.15, 0.2) is 38.9 Å². The number of aliphatic imine (C=N–C) groups is 1. The molecule has 0 saturated heterocycles. The predicted molar refractivity (Wildman–Crippen MR) is 116 cm³/mol. The molecule has 0 amide bonds. The summed E-state index contributed by atoms with van der Waals surface area (Å²) in [5.74, 6) is -0.628. The van der Waals surface area contributed by atoms with Crippen LogP contribution in [-0.2, 0) is 14.3 Å². The highest BCUT2D eigenvalue weighted by atomic mass is 79.9. The predicted octanol–water partition coefficient (Wildman–Crippen LogP) is 5.23. The van der Waals surface area contributed by atoms with Crippen molar-refractivity contribution in [2.24, 2.45) is 16.3 Å². The van der Waals surface area contributed by atoms with Crippen LogP contribution in [-0.4, -0.2) is 30.7 Å². The van der Waals surface area contributed by atoms with Crippen molar-refractivity contribution < 1.29 is 19.1 Å². The number of carbonyl (C=O) groups excluding carboxylic acids is 2. The minimum absolute atomic E-state index is 0.0618. The molecule has 29 heavy (non-hydrogen) atoms. The van der Waals surface area contributed by atoms with E-state index < -0.39 is 11.8 Å². The van der Waals surface area contributed by atoms with E-state index in [1.807, 2.05) is 39.0 Å². The number of methoxy groups -OCH3 is 1. The van der Waals surface area contributed by atoms with Gasteiger partial charge in [-0.15, -0.1) is 0 Å². The maximum Gasteiger partial charge on any atom is 0.315 e. The number of halogens is 1. The van der Waals surface area contributed by atoms with Gasteiger partial charge in [0.25, 0.3) is 0 Å². The van der Waals surface area contributed by atoms with Gasteiger partial charge in [-0.2, -0.15) is 0 Å². The van der Waals surface area contributed by atoms with Crippen LogP contribution in [0.25, 0.3) is 0 Å². The van der Waals surface area contributed by atoms with Gasteiger partial charge in [0.15, 0.2) is 5.78 Å². The summed E-state index contributed by atoms with van der Waals surface area (Å²) in [6.45, 7) is 9.67. The fraction of sp³-hybridized carbons (Fsp3) is 0.522. The number of hydrogen-bond acceptors (Lipinski definition) is 5. The van der Waals surface area contributed by atoms with Crippen molar-refractivity contribution in [2.75, 3.05) is 7.11 Å². The lowest BCUT2D eigenvalue weighted by Crippen LogP contribution is -2.40. The lowest BCUT2D eigenvalue weighted by atomic mass is 9.67. The quantitative estimate of drug-likeness (QED) is 0.575. The molecule has 2 atom stereocenters. The van der Waals surface area contributed by atoms with Crippen LogP contribution in [0, 0.1) is 11.3 Å². The summed E-state index contributed by atoms with van der Waals surface area (Å²) >= 11 is 3.54. The number of ether oxygens (including phenoxy) is 2. The Kier molecular flexibility index (Phi) is 6.04. The lowest BCUT2D eigenvalue weighted by Gasteiger charge is -2.39. The van der Waals surface area contributed by atoms with Gasteiger partial charge in [-0.05, 0) is 66.2 Å². The molecular formula is C23H28BrNO4. The maximum atomic E-state index is 13.2. The minimum Gasteiger partial charge on any atom is -0.496 e. The number of nitrogens with zero attached hydrogens (tertiary/aromatic N) is 1. The first-order chi connectivity index (χ1) is 13.5. The zero-order chi connectivity index (χ0) is 21.5. The molecular weight excluding hydrogens is 434 g/mol. The van der Waals surface area contributed by atoms with Gasteiger partial charge in [0.1, 0.15) is 11.7 Å². The molecule has 0 bridgehead atoms. The molecule has 0 N–H and O–H groups in total. The molecule has 0 spiro atoms. The topological polar surface area (TPSA) is 65.0 Å². The first kappa shape index (κ1) is 21.8. The number of benzene rings is 1. The van der Waals surface area contributed by atoms with Crippen molar-refractivity contribution in [2.45, 2.75) is 59.5 Å². The van der Waals surface area contributed by atoms with Gasteiger partial charge in [-0.1, -0.05) is 19.9 Å². The molecule has 5 nitrogen and oxygen atoms in total. The number of hydrogen-bond donors (Lipinski definition) is 0. The first-order valence-electron chi connectivity index (χ1n) is 9.89. The number of allylic oxidation sites excluding steroid dienone is 2. The Hall–Kier alpha value is -1.95. The van der Waals surface area contributed by atoms with Crippen molar-refractivity contribution >= 4 is 33.4 Å². The number of rotatable bonds is 4. The summed E-state index contributed by atoms with van der Waals surface area (Å²) < 4.78 is 11.7. The Bertz CT molecular complexity index is 913. The Balaban J connectivity index is 2.17. The van der Waals surface area contributed by atoms with Gasteiger partial charge in [-0.25, -0.2) is 0 Å². The second-order valence-corrected chi connectivity index (χ2v) is 9.74. The van der Waals surface area contributed by atoms with Crippen LogP contribution < -0.4 is 4.74 Å². The van der Waals surface area contributed by atoms with Gasteiger partial charge in [0.05, 0.1) is 17.7 Å². The first-order valence-corrected chi connectivity index (χ1v) is 10.7. The molecule has 0 fully saturated rings.